The van der Waals surface area contributed by atoms with Crippen LogP contribution in [0.5, 0.6) is 0 Å². The van der Waals surface area contributed by atoms with E-state index in [9.17, 15) is 13.0 Å². The quantitative estimate of drug-likeness (QED) is 0.505. The molecule has 0 unspecified atom stereocenters. The normalized spacial score (nSPS) is 11.2. The van der Waals surface area contributed by atoms with E-state index in [4.69, 9.17) is 0 Å². The zero-order chi connectivity index (χ0) is 11.9. The minimum atomic E-state index is -4.43. The van der Waals surface area contributed by atoms with Crippen LogP contribution in [0.25, 0.3) is 10.8 Å². The van der Waals surface area contributed by atoms with Crippen molar-refractivity contribution in [2.75, 3.05) is 0 Å². The Hall–Kier alpha value is -0.390. The minimum Gasteiger partial charge on any atom is -0.744 e. The molecule has 0 amide bonds. The molecule has 2 aromatic carbocycles. The fourth-order valence-corrected chi connectivity index (χ4v) is 2.76. The summed E-state index contributed by atoms with van der Waals surface area (Å²) in [6.07, 6.45) is 0. The van der Waals surface area contributed by atoms with Crippen LogP contribution in [0.15, 0.2) is 35.2 Å². The number of benzene rings is 2. The van der Waals surface area contributed by atoms with Crippen LogP contribution in [0.4, 0.5) is 0 Å². The SMILES string of the molecule is Cc1ccc2ccc(C)c(S(=O)(=O)[O-])c2c1.[Na+]. The molecule has 0 bridgehead atoms. The molecule has 5 heteroatoms. The molecule has 0 aromatic heterocycles. The van der Waals surface area contributed by atoms with Crippen LogP contribution in [0.1, 0.15) is 11.1 Å². The second kappa shape index (κ2) is 5.08. The minimum absolute atomic E-state index is 0. The van der Waals surface area contributed by atoms with Crippen molar-refractivity contribution in [1.29, 1.82) is 0 Å². The molecule has 2 aromatic rings. The molecule has 0 aliphatic rings. The van der Waals surface area contributed by atoms with E-state index in [0.29, 0.717) is 10.9 Å². The molecule has 84 valence electrons. The number of fused-ring (bicyclic) bond motifs is 1. The molecule has 17 heavy (non-hydrogen) atoms. The monoisotopic (exact) mass is 258 g/mol. The van der Waals surface area contributed by atoms with E-state index in [-0.39, 0.29) is 34.5 Å². The Kier molecular flexibility index (Phi) is 4.38. The summed E-state index contributed by atoms with van der Waals surface area (Å²) in [5.74, 6) is 0. The molecule has 0 aliphatic heterocycles. The van der Waals surface area contributed by atoms with Gasteiger partial charge in [-0.05, 0) is 30.2 Å². The average molecular weight is 258 g/mol. The number of hydrogen-bond acceptors (Lipinski definition) is 3. The molecule has 0 saturated carbocycles. The molecule has 0 fully saturated rings. The zero-order valence-electron chi connectivity index (χ0n) is 10.0. The molecular formula is C12H11NaO3S. The van der Waals surface area contributed by atoms with E-state index in [2.05, 4.69) is 0 Å². The Morgan fingerprint density at radius 1 is 1.06 bits per heavy atom. The summed E-state index contributed by atoms with van der Waals surface area (Å²) in [6.45, 7) is 3.50. The molecule has 0 spiro atoms. The van der Waals surface area contributed by atoms with Gasteiger partial charge >= 0.3 is 29.6 Å². The maximum atomic E-state index is 11.2. The number of rotatable bonds is 1. The van der Waals surface area contributed by atoms with E-state index in [1.165, 1.54) is 0 Å². The van der Waals surface area contributed by atoms with Gasteiger partial charge in [0, 0.05) is 0 Å². The van der Waals surface area contributed by atoms with Gasteiger partial charge in [-0.2, -0.15) is 0 Å². The molecule has 2 rings (SSSR count). The van der Waals surface area contributed by atoms with Gasteiger partial charge in [0.15, 0.2) is 0 Å². The summed E-state index contributed by atoms with van der Waals surface area (Å²) < 4.78 is 33.7. The molecule has 0 heterocycles. The Morgan fingerprint density at radius 3 is 2.24 bits per heavy atom. The maximum Gasteiger partial charge on any atom is 1.00 e. The van der Waals surface area contributed by atoms with Crippen molar-refractivity contribution in [3.05, 3.63) is 41.5 Å². The second-order valence-electron chi connectivity index (χ2n) is 3.89. The fraction of sp³-hybridized carbons (Fsp3) is 0.167. The van der Waals surface area contributed by atoms with E-state index >= 15 is 0 Å². The Labute approximate surface area is 123 Å². The molecule has 3 nitrogen and oxygen atoms in total. The summed E-state index contributed by atoms with van der Waals surface area (Å²) in [6, 6.07) is 8.91. The van der Waals surface area contributed by atoms with E-state index in [0.717, 1.165) is 10.9 Å². The van der Waals surface area contributed by atoms with Gasteiger partial charge in [-0.15, -0.1) is 0 Å². The van der Waals surface area contributed by atoms with Crippen LogP contribution in [0.3, 0.4) is 0 Å². The number of hydrogen-bond donors (Lipinski definition) is 0. The van der Waals surface area contributed by atoms with Crippen LogP contribution >= 0.6 is 0 Å². The third-order valence-corrected chi connectivity index (χ3v) is 3.62. The van der Waals surface area contributed by atoms with E-state index in [1.807, 2.05) is 25.1 Å². The van der Waals surface area contributed by atoms with Gasteiger partial charge in [-0.3, -0.25) is 0 Å². The molecule has 0 radical (unpaired) electrons. The molecule has 0 saturated heterocycles. The topological polar surface area (TPSA) is 57.2 Å². The van der Waals surface area contributed by atoms with Crippen molar-refractivity contribution in [2.24, 2.45) is 0 Å². The summed E-state index contributed by atoms with van der Waals surface area (Å²) in [5, 5.41) is 1.28. The Balaban J connectivity index is 0.00000144. The molecular weight excluding hydrogens is 247 g/mol. The van der Waals surface area contributed by atoms with Crippen LogP contribution < -0.4 is 29.6 Å². The first kappa shape index (κ1) is 14.7. The van der Waals surface area contributed by atoms with Gasteiger partial charge in [0.2, 0.25) is 0 Å². The third-order valence-electron chi connectivity index (χ3n) is 2.57. The molecule has 0 N–H and O–H groups in total. The predicted octanol–water partition coefficient (Wildman–Crippen LogP) is -0.635. The van der Waals surface area contributed by atoms with Crippen molar-refractivity contribution >= 4 is 20.9 Å². The van der Waals surface area contributed by atoms with Gasteiger partial charge in [0.25, 0.3) is 0 Å². The van der Waals surface area contributed by atoms with Gasteiger partial charge in [-0.25, -0.2) is 8.42 Å². The predicted molar refractivity (Wildman–Crippen MR) is 61.4 cm³/mol. The van der Waals surface area contributed by atoms with Crippen molar-refractivity contribution in [3.63, 3.8) is 0 Å². The average Bonchev–Trinajstić information content (AvgIpc) is 2.14. The Bertz CT molecular complexity index is 658. The summed E-state index contributed by atoms with van der Waals surface area (Å²) in [7, 11) is -4.43. The largest absolute Gasteiger partial charge is 1.00 e. The summed E-state index contributed by atoms with van der Waals surface area (Å²) >= 11 is 0. The van der Waals surface area contributed by atoms with Crippen molar-refractivity contribution < 1.29 is 42.5 Å². The standard InChI is InChI=1S/C12H12O3S.Na/c1-8-3-5-10-6-4-9(2)12(11(10)7-8)16(13,14)15;/h3-7H,1-2H3,(H,13,14,15);/q;+1/p-1. The summed E-state index contributed by atoms with van der Waals surface area (Å²) in [4.78, 5) is -0.103. The van der Waals surface area contributed by atoms with Crippen molar-refractivity contribution in [2.45, 2.75) is 18.7 Å². The van der Waals surface area contributed by atoms with E-state index in [1.54, 1.807) is 19.1 Å². The second-order valence-corrected chi connectivity index (χ2v) is 5.21. The first-order valence-electron chi connectivity index (χ1n) is 4.85. The third kappa shape index (κ3) is 2.89. The van der Waals surface area contributed by atoms with Crippen LogP contribution in [0, 0.1) is 13.8 Å². The van der Waals surface area contributed by atoms with Crippen molar-refractivity contribution in [3.8, 4) is 0 Å². The maximum absolute atomic E-state index is 11.2. The van der Waals surface area contributed by atoms with Gasteiger partial charge in [0.1, 0.15) is 10.1 Å². The van der Waals surface area contributed by atoms with Gasteiger partial charge < -0.3 is 4.55 Å². The van der Waals surface area contributed by atoms with E-state index < -0.39 is 10.1 Å². The van der Waals surface area contributed by atoms with Crippen molar-refractivity contribution in [1.82, 2.24) is 0 Å². The molecule has 0 aliphatic carbocycles. The van der Waals surface area contributed by atoms with Crippen LogP contribution in [0.2, 0.25) is 0 Å². The van der Waals surface area contributed by atoms with Gasteiger partial charge in [0.05, 0.1) is 4.90 Å². The Morgan fingerprint density at radius 2 is 1.65 bits per heavy atom. The first-order valence-corrected chi connectivity index (χ1v) is 6.26. The zero-order valence-corrected chi connectivity index (χ0v) is 12.8. The first-order chi connectivity index (χ1) is 7.39. The number of aryl methyl sites for hydroxylation is 2. The summed E-state index contributed by atoms with van der Waals surface area (Å²) in [5.41, 5.74) is 1.43. The van der Waals surface area contributed by atoms with Crippen LogP contribution in [-0.2, 0) is 10.1 Å². The van der Waals surface area contributed by atoms with Gasteiger partial charge in [-0.1, -0.05) is 35.9 Å². The molecule has 0 atom stereocenters. The smallest absolute Gasteiger partial charge is 0.744 e. The fourth-order valence-electron chi connectivity index (χ4n) is 1.85. The van der Waals surface area contributed by atoms with Crippen LogP contribution in [-0.4, -0.2) is 13.0 Å².